The summed E-state index contributed by atoms with van der Waals surface area (Å²) in [6.07, 6.45) is 1.99. The van der Waals surface area contributed by atoms with Gasteiger partial charge in [-0.2, -0.15) is 0 Å². The van der Waals surface area contributed by atoms with Crippen molar-refractivity contribution >= 4 is 22.6 Å². The summed E-state index contributed by atoms with van der Waals surface area (Å²) < 4.78 is 15.3. The highest BCUT2D eigenvalue weighted by Gasteiger charge is 2.20. The van der Waals surface area contributed by atoms with Crippen LogP contribution in [0.3, 0.4) is 0 Å². The standard InChI is InChI=1S/C19H17FN2O2/c1-22-12-15(14-7-3-5-9-17(14)22)18(23)19(24)21-11-10-13-6-2-4-8-16(13)20/h2-9,12H,10-11H2,1H3,(H,21,24). The lowest BCUT2D eigenvalue weighted by Gasteiger charge is -2.05. The molecule has 4 nitrogen and oxygen atoms in total. The Balaban J connectivity index is 1.68. The molecule has 0 spiro atoms. The van der Waals surface area contributed by atoms with Gasteiger partial charge in [0.15, 0.2) is 0 Å². The number of carbonyl (C=O) groups excluding carboxylic acids is 2. The van der Waals surface area contributed by atoms with E-state index in [0.717, 1.165) is 10.9 Å². The van der Waals surface area contributed by atoms with Gasteiger partial charge >= 0.3 is 0 Å². The maximum atomic E-state index is 13.5. The van der Waals surface area contributed by atoms with Gasteiger partial charge in [0.25, 0.3) is 11.7 Å². The number of aromatic nitrogens is 1. The van der Waals surface area contributed by atoms with E-state index >= 15 is 0 Å². The van der Waals surface area contributed by atoms with Crippen molar-refractivity contribution in [2.75, 3.05) is 6.54 Å². The molecule has 3 aromatic rings. The quantitative estimate of drug-likeness (QED) is 0.579. The van der Waals surface area contributed by atoms with Crippen LogP contribution in [0.2, 0.25) is 0 Å². The van der Waals surface area contributed by atoms with E-state index < -0.39 is 11.7 Å². The fraction of sp³-hybridized carbons (Fsp3) is 0.158. The molecule has 0 aliphatic heterocycles. The Bertz CT molecular complexity index is 915. The largest absolute Gasteiger partial charge is 0.350 e. The number of nitrogens with zero attached hydrogens (tertiary/aromatic N) is 1. The van der Waals surface area contributed by atoms with Crippen LogP contribution < -0.4 is 5.32 Å². The minimum absolute atomic E-state index is 0.205. The third kappa shape index (κ3) is 3.06. The van der Waals surface area contributed by atoms with E-state index in [0.29, 0.717) is 17.5 Å². The van der Waals surface area contributed by atoms with Crippen molar-refractivity contribution in [2.45, 2.75) is 6.42 Å². The Morgan fingerprint density at radius 3 is 2.58 bits per heavy atom. The lowest BCUT2D eigenvalue weighted by Crippen LogP contribution is -2.32. The zero-order valence-electron chi connectivity index (χ0n) is 13.3. The zero-order chi connectivity index (χ0) is 17.1. The van der Waals surface area contributed by atoms with Gasteiger partial charge in [-0.1, -0.05) is 36.4 Å². The Labute approximate surface area is 138 Å². The lowest BCUT2D eigenvalue weighted by atomic mass is 10.1. The number of aryl methyl sites for hydroxylation is 1. The fourth-order valence-corrected chi connectivity index (χ4v) is 2.74. The van der Waals surface area contributed by atoms with Crippen molar-refractivity contribution in [2.24, 2.45) is 7.05 Å². The highest BCUT2D eigenvalue weighted by molar-refractivity contribution is 6.45. The van der Waals surface area contributed by atoms with Crippen LogP contribution in [0.5, 0.6) is 0 Å². The molecule has 1 amide bonds. The van der Waals surface area contributed by atoms with E-state index in [1.54, 1.807) is 24.4 Å². The minimum atomic E-state index is -0.678. The SMILES string of the molecule is Cn1cc(C(=O)C(=O)NCCc2ccccc2F)c2ccccc21. The highest BCUT2D eigenvalue weighted by atomic mass is 19.1. The second kappa shape index (κ2) is 6.66. The monoisotopic (exact) mass is 324 g/mol. The van der Waals surface area contributed by atoms with Gasteiger partial charge in [0.1, 0.15) is 5.82 Å². The van der Waals surface area contributed by atoms with E-state index in [1.165, 1.54) is 6.07 Å². The summed E-state index contributed by atoms with van der Waals surface area (Å²) in [4.78, 5) is 24.5. The minimum Gasteiger partial charge on any atom is -0.350 e. The van der Waals surface area contributed by atoms with Crippen LogP contribution in [0.15, 0.2) is 54.7 Å². The van der Waals surface area contributed by atoms with Crippen molar-refractivity contribution < 1.29 is 14.0 Å². The molecule has 2 aromatic carbocycles. The molecule has 0 bridgehead atoms. The number of benzene rings is 2. The van der Waals surface area contributed by atoms with Crippen LogP contribution in [0.25, 0.3) is 10.9 Å². The zero-order valence-corrected chi connectivity index (χ0v) is 13.3. The molecule has 0 saturated carbocycles. The van der Waals surface area contributed by atoms with Gasteiger partial charge in [-0.25, -0.2) is 4.39 Å². The molecule has 0 unspecified atom stereocenters. The molecule has 0 atom stereocenters. The first kappa shape index (κ1) is 15.9. The number of Topliss-reactive ketones (excluding diaryl/α,β-unsaturated/α-hetero) is 1. The molecular formula is C19H17FN2O2. The molecule has 1 heterocycles. The molecule has 24 heavy (non-hydrogen) atoms. The molecule has 0 aliphatic rings. The predicted octanol–water partition coefficient (Wildman–Crippen LogP) is 2.86. The number of rotatable bonds is 5. The lowest BCUT2D eigenvalue weighted by molar-refractivity contribution is -0.116. The van der Waals surface area contributed by atoms with E-state index in [1.807, 2.05) is 35.9 Å². The molecule has 1 N–H and O–H groups in total. The predicted molar refractivity (Wildman–Crippen MR) is 90.4 cm³/mol. The Morgan fingerprint density at radius 2 is 1.79 bits per heavy atom. The summed E-state index contributed by atoms with van der Waals surface area (Å²) in [5.41, 5.74) is 1.77. The molecule has 0 saturated heterocycles. The number of hydrogen-bond donors (Lipinski definition) is 1. The molecular weight excluding hydrogens is 307 g/mol. The smallest absolute Gasteiger partial charge is 0.292 e. The first-order chi connectivity index (χ1) is 11.6. The van der Waals surface area contributed by atoms with Crippen molar-refractivity contribution in [3.63, 3.8) is 0 Å². The molecule has 122 valence electrons. The van der Waals surface area contributed by atoms with Crippen LogP contribution in [0.4, 0.5) is 4.39 Å². The summed E-state index contributed by atoms with van der Waals surface area (Å²) >= 11 is 0. The van der Waals surface area contributed by atoms with Crippen molar-refractivity contribution in [3.05, 3.63) is 71.7 Å². The van der Waals surface area contributed by atoms with Crippen molar-refractivity contribution in [1.82, 2.24) is 9.88 Å². The number of carbonyl (C=O) groups is 2. The van der Waals surface area contributed by atoms with Gasteiger partial charge in [-0.05, 0) is 24.1 Å². The third-order valence-corrected chi connectivity index (χ3v) is 3.99. The topological polar surface area (TPSA) is 51.1 Å². The van der Waals surface area contributed by atoms with Crippen LogP contribution >= 0.6 is 0 Å². The van der Waals surface area contributed by atoms with Crippen LogP contribution in [0, 0.1) is 5.82 Å². The van der Waals surface area contributed by atoms with Gasteiger partial charge in [0.2, 0.25) is 0 Å². The van der Waals surface area contributed by atoms with Crippen LogP contribution in [-0.2, 0) is 18.3 Å². The maximum Gasteiger partial charge on any atom is 0.292 e. The summed E-state index contributed by atoms with van der Waals surface area (Å²) in [6, 6.07) is 13.8. The van der Waals surface area contributed by atoms with Gasteiger partial charge in [0, 0.05) is 30.7 Å². The Kier molecular flexibility index (Phi) is 4.42. The summed E-state index contributed by atoms with van der Waals surface area (Å²) in [6.45, 7) is 0.205. The fourth-order valence-electron chi connectivity index (χ4n) is 2.74. The third-order valence-electron chi connectivity index (χ3n) is 3.99. The summed E-state index contributed by atoms with van der Waals surface area (Å²) in [5, 5.41) is 3.31. The van der Waals surface area contributed by atoms with E-state index in [2.05, 4.69) is 5.32 Å². The molecule has 5 heteroatoms. The number of halogens is 1. The maximum absolute atomic E-state index is 13.5. The Hall–Kier alpha value is -2.95. The first-order valence-corrected chi connectivity index (χ1v) is 7.68. The van der Waals surface area contributed by atoms with Gasteiger partial charge in [-0.15, -0.1) is 0 Å². The van der Waals surface area contributed by atoms with Gasteiger partial charge in [0.05, 0.1) is 5.56 Å². The average molecular weight is 324 g/mol. The summed E-state index contributed by atoms with van der Waals surface area (Å²) in [5.74, 6) is -1.57. The van der Waals surface area contributed by atoms with Crippen molar-refractivity contribution in [3.8, 4) is 0 Å². The van der Waals surface area contributed by atoms with E-state index in [4.69, 9.17) is 0 Å². The molecule has 0 aliphatic carbocycles. The summed E-state index contributed by atoms with van der Waals surface area (Å²) in [7, 11) is 1.83. The number of amides is 1. The highest BCUT2D eigenvalue weighted by Crippen LogP contribution is 2.20. The molecule has 1 aromatic heterocycles. The first-order valence-electron chi connectivity index (χ1n) is 7.68. The van der Waals surface area contributed by atoms with Crippen molar-refractivity contribution in [1.29, 1.82) is 0 Å². The molecule has 0 radical (unpaired) electrons. The molecule has 3 rings (SSSR count). The number of fused-ring (bicyclic) bond motifs is 1. The second-order valence-electron chi connectivity index (χ2n) is 5.60. The number of hydrogen-bond acceptors (Lipinski definition) is 2. The van der Waals surface area contributed by atoms with Crippen LogP contribution in [0.1, 0.15) is 15.9 Å². The number of ketones is 1. The number of para-hydroxylation sites is 1. The van der Waals surface area contributed by atoms with E-state index in [9.17, 15) is 14.0 Å². The van der Waals surface area contributed by atoms with Gasteiger partial charge < -0.3 is 9.88 Å². The van der Waals surface area contributed by atoms with E-state index in [-0.39, 0.29) is 12.4 Å². The Morgan fingerprint density at radius 1 is 1.08 bits per heavy atom. The van der Waals surface area contributed by atoms with Crippen LogP contribution in [-0.4, -0.2) is 22.8 Å². The average Bonchev–Trinajstić information content (AvgIpc) is 2.93. The second-order valence-corrected chi connectivity index (χ2v) is 5.60. The normalized spacial score (nSPS) is 10.8. The molecule has 0 fully saturated rings. The van der Waals surface area contributed by atoms with Gasteiger partial charge in [-0.3, -0.25) is 9.59 Å². The number of nitrogens with one attached hydrogen (secondary N) is 1.